The van der Waals surface area contributed by atoms with Gasteiger partial charge in [-0.15, -0.1) is 0 Å². The summed E-state index contributed by atoms with van der Waals surface area (Å²) in [7, 11) is 0. The van der Waals surface area contributed by atoms with Crippen LogP contribution in [0.2, 0.25) is 0 Å². The Balaban J connectivity index is 1.49. The molecule has 0 bridgehead atoms. The molecule has 6 nitrogen and oxygen atoms in total. The molecule has 0 aliphatic rings. The maximum absolute atomic E-state index is 5.69. The van der Waals surface area contributed by atoms with Crippen molar-refractivity contribution in [1.82, 2.24) is 23.7 Å². The van der Waals surface area contributed by atoms with Crippen LogP contribution in [-0.4, -0.2) is 23.7 Å². The van der Waals surface area contributed by atoms with Crippen molar-refractivity contribution >= 4 is 17.0 Å². The summed E-state index contributed by atoms with van der Waals surface area (Å²) in [6.45, 7) is 2.89. The summed E-state index contributed by atoms with van der Waals surface area (Å²) < 4.78 is 12.0. The Labute approximate surface area is 143 Å². The van der Waals surface area contributed by atoms with Gasteiger partial charge in [-0.1, -0.05) is 30.3 Å². The molecule has 7 heteroatoms. The van der Waals surface area contributed by atoms with Crippen LogP contribution in [-0.2, 0) is 18.0 Å². The van der Waals surface area contributed by atoms with Crippen molar-refractivity contribution in [3.8, 4) is 10.8 Å². The first-order valence-electron chi connectivity index (χ1n) is 7.54. The standard InChI is InChI=1S/C17H15N5OS/c1-12-14-9-19-16(22(14)8-7-18-12)17-20-15(21-24-17)11-23-10-13-5-3-2-4-6-13/h2-9H,10-11H2,1H3. The Morgan fingerprint density at radius 3 is 2.88 bits per heavy atom. The van der Waals surface area contributed by atoms with E-state index >= 15 is 0 Å². The molecule has 0 saturated heterocycles. The second kappa shape index (κ2) is 6.46. The Morgan fingerprint density at radius 2 is 2.00 bits per heavy atom. The van der Waals surface area contributed by atoms with Gasteiger partial charge in [0.15, 0.2) is 16.7 Å². The quantitative estimate of drug-likeness (QED) is 0.559. The lowest BCUT2D eigenvalue weighted by atomic mass is 10.2. The highest BCUT2D eigenvalue weighted by atomic mass is 32.1. The summed E-state index contributed by atoms with van der Waals surface area (Å²) in [5.41, 5.74) is 3.05. The summed E-state index contributed by atoms with van der Waals surface area (Å²) in [4.78, 5) is 13.3. The third kappa shape index (κ3) is 2.91. The highest BCUT2D eigenvalue weighted by Crippen LogP contribution is 2.22. The van der Waals surface area contributed by atoms with Crippen LogP contribution in [0.5, 0.6) is 0 Å². The fourth-order valence-corrected chi connectivity index (χ4v) is 3.12. The van der Waals surface area contributed by atoms with Gasteiger partial charge in [0.1, 0.15) is 6.61 Å². The van der Waals surface area contributed by atoms with Crippen molar-refractivity contribution < 1.29 is 4.74 Å². The normalized spacial score (nSPS) is 11.2. The highest BCUT2D eigenvalue weighted by Gasteiger charge is 2.13. The average Bonchev–Trinajstić information content (AvgIpc) is 3.23. The van der Waals surface area contributed by atoms with E-state index in [1.54, 1.807) is 6.20 Å². The molecule has 4 rings (SSSR count). The molecule has 3 aromatic heterocycles. The fourth-order valence-electron chi connectivity index (χ4n) is 2.45. The molecule has 0 radical (unpaired) electrons. The lowest BCUT2D eigenvalue weighted by Gasteiger charge is -2.01. The van der Waals surface area contributed by atoms with Crippen molar-refractivity contribution in [1.29, 1.82) is 0 Å². The van der Waals surface area contributed by atoms with E-state index in [0.717, 1.165) is 27.6 Å². The third-order valence-corrected chi connectivity index (χ3v) is 4.40. The lowest BCUT2D eigenvalue weighted by molar-refractivity contribution is 0.102. The maximum atomic E-state index is 5.69. The first-order chi connectivity index (χ1) is 11.8. The van der Waals surface area contributed by atoms with E-state index in [1.165, 1.54) is 11.5 Å². The van der Waals surface area contributed by atoms with Gasteiger partial charge in [-0.25, -0.2) is 9.97 Å². The van der Waals surface area contributed by atoms with Gasteiger partial charge in [-0.2, -0.15) is 4.37 Å². The van der Waals surface area contributed by atoms with E-state index in [0.29, 0.717) is 19.0 Å². The molecule has 120 valence electrons. The first kappa shape index (κ1) is 14.9. The Kier molecular flexibility index (Phi) is 4.02. The van der Waals surface area contributed by atoms with E-state index in [1.807, 2.05) is 54.0 Å². The summed E-state index contributed by atoms with van der Waals surface area (Å²) in [6, 6.07) is 10.1. The van der Waals surface area contributed by atoms with Crippen molar-refractivity contribution in [2.75, 3.05) is 0 Å². The highest BCUT2D eigenvalue weighted by molar-refractivity contribution is 7.09. The Hall–Kier alpha value is -2.64. The minimum absolute atomic E-state index is 0.384. The molecular formula is C17H15N5OS. The number of ether oxygens (including phenoxy) is 1. The molecule has 0 aliphatic heterocycles. The number of aryl methyl sites for hydroxylation is 1. The van der Waals surface area contributed by atoms with Gasteiger partial charge in [0.2, 0.25) is 0 Å². The summed E-state index contributed by atoms with van der Waals surface area (Å²) >= 11 is 1.33. The number of rotatable bonds is 5. The molecule has 0 fully saturated rings. The van der Waals surface area contributed by atoms with Crippen molar-refractivity contribution in [2.45, 2.75) is 20.1 Å². The van der Waals surface area contributed by atoms with Gasteiger partial charge in [-0.05, 0) is 24.0 Å². The van der Waals surface area contributed by atoms with E-state index in [9.17, 15) is 0 Å². The largest absolute Gasteiger partial charge is 0.369 e. The SMILES string of the molecule is Cc1nccn2c(-c3nc(COCc4ccccc4)ns3)ncc12. The molecule has 0 spiro atoms. The van der Waals surface area contributed by atoms with Crippen LogP contribution in [0.25, 0.3) is 16.3 Å². The second-order valence-electron chi connectivity index (χ2n) is 5.34. The van der Waals surface area contributed by atoms with Crippen LogP contribution in [0.4, 0.5) is 0 Å². The molecule has 0 saturated carbocycles. The molecule has 24 heavy (non-hydrogen) atoms. The van der Waals surface area contributed by atoms with Gasteiger partial charge >= 0.3 is 0 Å². The zero-order valence-corrected chi connectivity index (χ0v) is 13.9. The molecule has 0 amide bonds. The van der Waals surface area contributed by atoms with Crippen LogP contribution in [0.15, 0.2) is 48.9 Å². The fraction of sp³-hybridized carbons (Fsp3) is 0.176. The number of aromatic nitrogens is 5. The first-order valence-corrected chi connectivity index (χ1v) is 8.32. The monoisotopic (exact) mass is 337 g/mol. The number of fused-ring (bicyclic) bond motifs is 1. The van der Waals surface area contributed by atoms with Crippen molar-refractivity contribution in [3.63, 3.8) is 0 Å². The zero-order chi connectivity index (χ0) is 16.4. The molecule has 0 unspecified atom stereocenters. The van der Waals surface area contributed by atoms with E-state index in [4.69, 9.17) is 4.74 Å². The van der Waals surface area contributed by atoms with E-state index in [-0.39, 0.29) is 0 Å². The molecule has 0 atom stereocenters. The average molecular weight is 337 g/mol. The molecule has 0 N–H and O–H groups in total. The van der Waals surface area contributed by atoms with Crippen LogP contribution < -0.4 is 0 Å². The number of hydrogen-bond donors (Lipinski definition) is 0. The minimum atomic E-state index is 0.384. The predicted molar refractivity (Wildman–Crippen MR) is 91.6 cm³/mol. The van der Waals surface area contributed by atoms with E-state index in [2.05, 4.69) is 19.3 Å². The molecule has 1 aromatic carbocycles. The van der Waals surface area contributed by atoms with Gasteiger partial charge in [0, 0.05) is 12.4 Å². The van der Waals surface area contributed by atoms with Crippen LogP contribution in [0.3, 0.4) is 0 Å². The lowest BCUT2D eigenvalue weighted by Crippen LogP contribution is -1.96. The Morgan fingerprint density at radius 1 is 1.12 bits per heavy atom. The van der Waals surface area contributed by atoms with Crippen molar-refractivity contribution in [2.24, 2.45) is 0 Å². The van der Waals surface area contributed by atoms with Gasteiger partial charge < -0.3 is 4.74 Å². The van der Waals surface area contributed by atoms with Crippen molar-refractivity contribution in [3.05, 3.63) is 66.0 Å². The topological polar surface area (TPSA) is 65.2 Å². The summed E-state index contributed by atoms with van der Waals surface area (Å²) in [5.74, 6) is 1.45. The van der Waals surface area contributed by atoms with Gasteiger partial charge in [-0.3, -0.25) is 9.38 Å². The Bertz CT molecular complexity index is 963. The third-order valence-electron chi connectivity index (χ3n) is 3.65. The smallest absolute Gasteiger partial charge is 0.180 e. The number of hydrogen-bond acceptors (Lipinski definition) is 6. The van der Waals surface area contributed by atoms with Gasteiger partial charge in [0.25, 0.3) is 0 Å². The van der Waals surface area contributed by atoms with Crippen LogP contribution in [0, 0.1) is 6.92 Å². The van der Waals surface area contributed by atoms with Gasteiger partial charge in [0.05, 0.1) is 24.0 Å². The summed E-state index contributed by atoms with van der Waals surface area (Å²) in [5, 5.41) is 0.777. The van der Waals surface area contributed by atoms with Crippen LogP contribution in [0.1, 0.15) is 17.1 Å². The number of nitrogens with zero attached hydrogens (tertiary/aromatic N) is 5. The second-order valence-corrected chi connectivity index (χ2v) is 6.10. The molecule has 4 aromatic rings. The predicted octanol–water partition coefficient (Wildman–Crippen LogP) is 3.27. The zero-order valence-electron chi connectivity index (χ0n) is 13.1. The number of imidazole rings is 1. The molecule has 3 heterocycles. The minimum Gasteiger partial charge on any atom is -0.369 e. The molecule has 0 aliphatic carbocycles. The summed E-state index contributed by atoms with van der Waals surface area (Å²) in [6.07, 6.45) is 5.46. The molecular weight excluding hydrogens is 322 g/mol. The maximum Gasteiger partial charge on any atom is 0.180 e. The number of benzene rings is 1. The van der Waals surface area contributed by atoms with Crippen LogP contribution >= 0.6 is 11.5 Å². The van der Waals surface area contributed by atoms with E-state index < -0.39 is 0 Å².